The lowest BCUT2D eigenvalue weighted by atomic mass is 10.2. The number of nitrogens with one attached hydrogen (secondary N) is 1. The third kappa shape index (κ3) is 2.91. The number of hydrogen-bond acceptors (Lipinski definition) is 2. The molecule has 3 aromatic rings. The van der Waals surface area contributed by atoms with Crippen LogP contribution in [0.4, 0.5) is 10.1 Å². The number of halogens is 2. The molecule has 0 saturated heterocycles. The summed E-state index contributed by atoms with van der Waals surface area (Å²) in [5, 5.41) is 7.43. The average molecular weight is 356 g/mol. The number of benzene rings is 2. The molecule has 1 aliphatic carbocycles. The monoisotopic (exact) mass is 355 g/mol. The number of amides is 1. The van der Waals surface area contributed by atoms with E-state index in [1.165, 1.54) is 18.2 Å². The van der Waals surface area contributed by atoms with Crippen LogP contribution in [0.25, 0.3) is 5.69 Å². The molecule has 0 fully saturated rings. The molecular formula is C19H15ClFN3O. The molecule has 0 radical (unpaired) electrons. The first-order chi connectivity index (χ1) is 12.1. The summed E-state index contributed by atoms with van der Waals surface area (Å²) in [6.45, 7) is 0. The molecule has 1 heterocycles. The lowest BCUT2D eigenvalue weighted by Gasteiger charge is -2.07. The van der Waals surface area contributed by atoms with Gasteiger partial charge in [0, 0.05) is 11.3 Å². The maximum atomic E-state index is 13.2. The summed E-state index contributed by atoms with van der Waals surface area (Å²) in [7, 11) is 0. The highest BCUT2D eigenvalue weighted by molar-refractivity contribution is 6.33. The molecule has 0 unspecified atom stereocenters. The van der Waals surface area contributed by atoms with Gasteiger partial charge in [0.2, 0.25) is 0 Å². The van der Waals surface area contributed by atoms with Gasteiger partial charge in [0.05, 0.1) is 16.4 Å². The first-order valence-corrected chi connectivity index (χ1v) is 8.44. The van der Waals surface area contributed by atoms with Gasteiger partial charge >= 0.3 is 0 Å². The average Bonchev–Trinajstić information content (AvgIpc) is 3.20. The van der Waals surface area contributed by atoms with Crippen molar-refractivity contribution in [2.75, 3.05) is 5.32 Å². The van der Waals surface area contributed by atoms with Gasteiger partial charge in [-0.1, -0.05) is 29.8 Å². The van der Waals surface area contributed by atoms with E-state index >= 15 is 0 Å². The fraction of sp³-hybridized carbons (Fsp3) is 0.158. The smallest absolute Gasteiger partial charge is 0.276 e. The zero-order chi connectivity index (χ0) is 17.4. The Morgan fingerprint density at radius 3 is 2.72 bits per heavy atom. The molecule has 1 aromatic heterocycles. The lowest BCUT2D eigenvalue weighted by Crippen LogP contribution is -2.15. The van der Waals surface area contributed by atoms with Crippen molar-refractivity contribution in [1.29, 1.82) is 0 Å². The van der Waals surface area contributed by atoms with Crippen molar-refractivity contribution in [2.45, 2.75) is 19.3 Å². The highest BCUT2D eigenvalue weighted by Gasteiger charge is 2.27. The number of para-hydroxylation sites is 1. The van der Waals surface area contributed by atoms with Crippen LogP contribution in [0.1, 0.15) is 28.2 Å². The van der Waals surface area contributed by atoms with Gasteiger partial charge in [-0.15, -0.1) is 0 Å². The summed E-state index contributed by atoms with van der Waals surface area (Å²) in [5.74, 6) is -0.779. The zero-order valence-corrected chi connectivity index (χ0v) is 14.1. The van der Waals surface area contributed by atoms with Crippen molar-refractivity contribution < 1.29 is 9.18 Å². The second-order valence-corrected chi connectivity index (χ2v) is 6.36. The minimum Gasteiger partial charge on any atom is -0.319 e. The van der Waals surface area contributed by atoms with Crippen LogP contribution in [0.3, 0.4) is 0 Å². The maximum Gasteiger partial charge on any atom is 0.276 e. The molecule has 25 heavy (non-hydrogen) atoms. The molecule has 1 aliphatic rings. The number of carbonyl (C=O) groups excluding carboxylic acids is 1. The van der Waals surface area contributed by atoms with Crippen molar-refractivity contribution >= 4 is 23.2 Å². The predicted octanol–water partition coefficient (Wildman–Crippen LogP) is 4.41. The Kier molecular flexibility index (Phi) is 4.01. The van der Waals surface area contributed by atoms with E-state index in [1.54, 1.807) is 0 Å². The first-order valence-electron chi connectivity index (χ1n) is 8.06. The molecule has 0 aliphatic heterocycles. The molecule has 4 rings (SSSR count). The number of rotatable bonds is 3. The van der Waals surface area contributed by atoms with E-state index in [1.807, 2.05) is 35.0 Å². The molecule has 1 amide bonds. The fourth-order valence-corrected chi connectivity index (χ4v) is 3.39. The zero-order valence-electron chi connectivity index (χ0n) is 13.3. The first kappa shape index (κ1) is 15.8. The largest absolute Gasteiger partial charge is 0.319 e. The van der Waals surface area contributed by atoms with Crippen LogP contribution in [0.2, 0.25) is 5.02 Å². The minimum atomic E-state index is -0.447. The van der Waals surface area contributed by atoms with Crippen LogP contribution in [-0.2, 0) is 12.8 Å². The van der Waals surface area contributed by atoms with Crippen LogP contribution in [0, 0.1) is 5.82 Å². The van der Waals surface area contributed by atoms with Gasteiger partial charge in [-0.25, -0.2) is 9.07 Å². The summed E-state index contributed by atoms with van der Waals surface area (Å²) in [4.78, 5) is 12.7. The summed E-state index contributed by atoms with van der Waals surface area (Å²) in [6, 6.07) is 13.6. The van der Waals surface area contributed by atoms with Gasteiger partial charge in [-0.3, -0.25) is 4.79 Å². The maximum absolute atomic E-state index is 13.2. The van der Waals surface area contributed by atoms with Crippen LogP contribution >= 0.6 is 11.6 Å². The summed E-state index contributed by atoms with van der Waals surface area (Å²) >= 11 is 6.00. The van der Waals surface area contributed by atoms with Gasteiger partial charge in [0.15, 0.2) is 5.69 Å². The fourth-order valence-electron chi connectivity index (χ4n) is 3.17. The minimum absolute atomic E-state index is 0.160. The molecule has 0 bridgehead atoms. The molecule has 0 spiro atoms. The molecule has 0 saturated carbocycles. The summed E-state index contributed by atoms with van der Waals surface area (Å²) in [5.41, 5.74) is 3.74. The molecule has 126 valence electrons. The second kappa shape index (κ2) is 6.33. The molecule has 4 nitrogen and oxygen atoms in total. The quantitative estimate of drug-likeness (QED) is 0.756. The van der Waals surface area contributed by atoms with E-state index in [2.05, 4.69) is 10.4 Å². The normalized spacial score (nSPS) is 12.9. The second-order valence-electron chi connectivity index (χ2n) is 5.95. The van der Waals surface area contributed by atoms with E-state index in [9.17, 15) is 9.18 Å². The van der Waals surface area contributed by atoms with Gasteiger partial charge < -0.3 is 5.32 Å². The Hall–Kier alpha value is -2.66. The number of nitrogens with zero attached hydrogens (tertiary/aromatic N) is 2. The third-order valence-corrected chi connectivity index (χ3v) is 4.64. The molecule has 2 aromatic carbocycles. The van der Waals surface area contributed by atoms with Crippen molar-refractivity contribution in [3.05, 3.63) is 76.3 Å². The third-order valence-electron chi connectivity index (χ3n) is 4.33. The van der Waals surface area contributed by atoms with Crippen molar-refractivity contribution in [2.24, 2.45) is 0 Å². The van der Waals surface area contributed by atoms with E-state index in [-0.39, 0.29) is 10.9 Å². The number of anilines is 1. The molecule has 6 heteroatoms. The van der Waals surface area contributed by atoms with Crippen LogP contribution in [-0.4, -0.2) is 15.7 Å². The Morgan fingerprint density at radius 2 is 1.96 bits per heavy atom. The van der Waals surface area contributed by atoms with E-state index in [4.69, 9.17) is 11.6 Å². The Balaban J connectivity index is 1.70. The molecule has 1 N–H and O–H groups in total. The standard InChI is InChI=1S/C19H15ClFN3O/c20-15-11-12(21)9-10-16(15)22-19(25)18-14-7-4-8-17(14)24(23-18)13-5-2-1-3-6-13/h1-3,5-6,9-11H,4,7-8H2,(H,22,25). The van der Waals surface area contributed by atoms with Crippen molar-refractivity contribution in [3.63, 3.8) is 0 Å². The van der Waals surface area contributed by atoms with Gasteiger partial charge in [0.25, 0.3) is 5.91 Å². The predicted molar refractivity (Wildman–Crippen MR) is 95.0 cm³/mol. The summed E-state index contributed by atoms with van der Waals surface area (Å²) < 4.78 is 15.0. The molecular weight excluding hydrogens is 341 g/mol. The van der Waals surface area contributed by atoms with Crippen molar-refractivity contribution in [1.82, 2.24) is 9.78 Å². The number of aromatic nitrogens is 2. The SMILES string of the molecule is O=C(Nc1ccc(F)cc1Cl)c1nn(-c2ccccc2)c2c1CCC2. The number of hydrogen-bond donors (Lipinski definition) is 1. The van der Waals surface area contributed by atoms with Gasteiger partial charge in [-0.05, 0) is 49.6 Å². The highest BCUT2D eigenvalue weighted by atomic mass is 35.5. The Bertz CT molecular complexity index is 953. The van der Waals surface area contributed by atoms with Crippen LogP contribution in [0.5, 0.6) is 0 Å². The van der Waals surface area contributed by atoms with Crippen LogP contribution < -0.4 is 5.32 Å². The Morgan fingerprint density at radius 1 is 1.16 bits per heavy atom. The highest BCUT2D eigenvalue weighted by Crippen LogP contribution is 2.29. The van der Waals surface area contributed by atoms with Gasteiger partial charge in [-0.2, -0.15) is 5.10 Å². The topological polar surface area (TPSA) is 46.9 Å². The number of carbonyl (C=O) groups is 1. The van der Waals surface area contributed by atoms with Crippen molar-refractivity contribution in [3.8, 4) is 5.69 Å². The Labute approximate surface area is 149 Å². The van der Waals surface area contributed by atoms with E-state index in [0.29, 0.717) is 11.4 Å². The summed E-state index contributed by atoms with van der Waals surface area (Å²) in [6.07, 6.45) is 2.71. The lowest BCUT2D eigenvalue weighted by molar-refractivity contribution is 0.102. The van der Waals surface area contributed by atoms with E-state index in [0.717, 1.165) is 36.2 Å². The van der Waals surface area contributed by atoms with E-state index < -0.39 is 5.82 Å². The number of fused-ring (bicyclic) bond motifs is 1. The van der Waals surface area contributed by atoms with Crippen LogP contribution in [0.15, 0.2) is 48.5 Å². The van der Waals surface area contributed by atoms with Gasteiger partial charge in [0.1, 0.15) is 5.82 Å². The molecule has 0 atom stereocenters.